The molecule has 0 aliphatic rings. The normalized spacial score (nSPS) is 12.1. The van der Waals surface area contributed by atoms with Crippen molar-refractivity contribution in [3.05, 3.63) is 0 Å². The molecule has 1 amide bonds. The number of methoxy groups -OCH3 is 1. The quantitative estimate of drug-likeness (QED) is 0.698. The van der Waals surface area contributed by atoms with Crippen LogP contribution in [-0.2, 0) is 9.53 Å². The van der Waals surface area contributed by atoms with Crippen molar-refractivity contribution in [2.75, 3.05) is 13.7 Å². The smallest absolute Gasteiger partial charge is 0.222 e. The molecule has 0 aliphatic heterocycles. The van der Waals surface area contributed by atoms with Crippen LogP contribution in [0.4, 0.5) is 0 Å². The van der Waals surface area contributed by atoms with Gasteiger partial charge in [-0.05, 0) is 12.8 Å². The second-order valence-corrected chi connectivity index (χ2v) is 3.38. The van der Waals surface area contributed by atoms with Crippen LogP contribution in [0, 0.1) is 0 Å². The van der Waals surface area contributed by atoms with Gasteiger partial charge >= 0.3 is 0 Å². The van der Waals surface area contributed by atoms with Crippen LogP contribution in [0.15, 0.2) is 0 Å². The Morgan fingerprint density at radius 3 is 2.27 bits per heavy atom. The summed E-state index contributed by atoms with van der Waals surface area (Å²) in [5, 5.41) is 2.94. The summed E-state index contributed by atoms with van der Waals surface area (Å²) in [5.74, 6) is 0.0241. The molecule has 5 heteroatoms. The largest absolute Gasteiger partial charge is 0.380 e. The van der Waals surface area contributed by atoms with Gasteiger partial charge in [0.1, 0.15) is 0 Å². The van der Waals surface area contributed by atoms with Gasteiger partial charge < -0.3 is 15.8 Å². The molecule has 0 fully saturated rings. The van der Waals surface area contributed by atoms with Crippen LogP contribution in [0.3, 0.4) is 0 Å². The number of carbonyl (C=O) groups is 1. The topological polar surface area (TPSA) is 64.4 Å². The molecule has 0 saturated carbocycles. The number of halogens is 1. The lowest BCUT2D eigenvalue weighted by Gasteiger charge is -2.17. The molecule has 0 heterocycles. The van der Waals surface area contributed by atoms with Gasteiger partial charge in [0, 0.05) is 19.7 Å². The van der Waals surface area contributed by atoms with Gasteiger partial charge in [-0.25, -0.2) is 0 Å². The minimum atomic E-state index is -0.163. The van der Waals surface area contributed by atoms with Crippen LogP contribution in [0.25, 0.3) is 0 Å². The first-order chi connectivity index (χ1) is 6.67. The van der Waals surface area contributed by atoms with Crippen LogP contribution < -0.4 is 11.1 Å². The zero-order valence-corrected chi connectivity index (χ0v) is 10.6. The predicted octanol–water partition coefficient (Wildman–Crippen LogP) is 1.08. The third-order valence-corrected chi connectivity index (χ3v) is 2.36. The molecule has 0 aromatic heterocycles. The van der Waals surface area contributed by atoms with Gasteiger partial charge in [-0.3, -0.25) is 4.79 Å². The Morgan fingerprint density at radius 2 is 1.93 bits per heavy atom. The van der Waals surface area contributed by atoms with Crippen molar-refractivity contribution in [1.29, 1.82) is 0 Å². The first-order valence-electron chi connectivity index (χ1n) is 5.20. The molecule has 0 rings (SSSR count). The fourth-order valence-electron chi connectivity index (χ4n) is 1.25. The molecule has 0 aromatic carbocycles. The number of ether oxygens (including phenoxy) is 1. The molecule has 92 valence electrons. The fourth-order valence-corrected chi connectivity index (χ4v) is 1.25. The molecule has 0 saturated heterocycles. The third kappa shape index (κ3) is 7.59. The third-order valence-electron chi connectivity index (χ3n) is 2.36. The van der Waals surface area contributed by atoms with Gasteiger partial charge in [0.05, 0.1) is 12.5 Å². The second-order valence-electron chi connectivity index (χ2n) is 3.38. The minimum Gasteiger partial charge on any atom is -0.380 e. The average molecular weight is 239 g/mol. The summed E-state index contributed by atoms with van der Waals surface area (Å²) in [6, 6.07) is 0.276. The van der Waals surface area contributed by atoms with Crippen LogP contribution in [0.2, 0.25) is 0 Å². The Kier molecular flexibility index (Phi) is 11.6. The van der Waals surface area contributed by atoms with Gasteiger partial charge in [-0.15, -0.1) is 12.4 Å². The van der Waals surface area contributed by atoms with Gasteiger partial charge in [0.15, 0.2) is 0 Å². The summed E-state index contributed by atoms with van der Waals surface area (Å²) in [4.78, 5) is 11.5. The number of carbonyl (C=O) groups excluding carboxylic acids is 1. The van der Waals surface area contributed by atoms with E-state index in [-0.39, 0.29) is 30.5 Å². The van der Waals surface area contributed by atoms with Gasteiger partial charge in [-0.2, -0.15) is 0 Å². The summed E-state index contributed by atoms with van der Waals surface area (Å²) in [6.07, 6.45) is 2.11. The van der Waals surface area contributed by atoms with Crippen molar-refractivity contribution >= 4 is 18.3 Å². The molecule has 15 heavy (non-hydrogen) atoms. The molecule has 0 aromatic rings. The highest BCUT2D eigenvalue weighted by Crippen LogP contribution is 1.99. The SMILES string of the molecule is CCC(CC)NC(=O)CC(CN)OC.Cl. The predicted molar refractivity (Wildman–Crippen MR) is 64.2 cm³/mol. The number of hydrogen-bond donors (Lipinski definition) is 2. The number of rotatable bonds is 7. The maximum absolute atomic E-state index is 11.5. The molecule has 4 nitrogen and oxygen atoms in total. The summed E-state index contributed by atoms with van der Waals surface area (Å²) in [6.45, 7) is 4.50. The summed E-state index contributed by atoms with van der Waals surface area (Å²) < 4.78 is 5.03. The van der Waals surface area contributed by atoms with E-state index in [9.17, 15) is 4.79 Å². The van der Waals surface area contributed by atoms with Gasteiger partial charge in [0.2, 0.25) is 5.91 Å². The summed E-state index contributed by atoms with van der Waals surface area (Å²) in [7, 11) is 1.57. The van der Waals surface area contributed by atoms with E-state index in [2.05, 4.69) is 19.2 Å². The summed E-state index contributed by atoms with van der Waals surface area (Å²) in [5.41, 5.74) is 5.42. The van der Waals surface area contributed by atoms with Crippen molar-refractivity contribution in [1.82, 2.24) is 5.32 Å². The van der Waals surface area contributed by atoms with Crippen LogP contribution in [0.5, 0.6) is 0 Å². The van der Waals surface area contributed by atoms with Gasteiger partial charge in [-0.1, -0.05) is 13.8 Å². The zero-order chi connectivity index (χ0) is 11.0. The van der Waals surface area contributed by atoms with E-state index in [1.165, 1.54) is 0 Å². The Bertz CT molecular complexity index is 144. The highest BCUT2D eigenvalue weighted by Gasteiger charge is 2.13. The second kappa shape index (κ2) is 10.2. The fraction of sp³-hybridized carbons (Fsp3) is 0.900. The maximum atomic E-state index is 11.5. The number of amides is 1. The molecule has 0 aliphatic carbocycles. The first kappa shape index (κ1) is 17.1. The number of nitrogens with two attached hydrogens (primary N) is 1. The summed E-state index contributed by atoms with van der Waals surface area (Å²) >= 11 is 0. The van der Waals surface area contributed by atoms with E-state index in [0.717, 1.165) is 12.8 Å². The Hall–Kier alpha value is -0.320. The molecule has 1 atom stereocenters. The molecule has 1 unspecified atom stereocenters. The first-order valence-corrected chi connectivity index (χ1v) is 5.20. The lowest BCUT2D eigenvalue weighted by atomic mass is 10.1. The molecule has 3 N–H and O–H groups in total. The number of nitrogens with one attached hydrogen (secondary N) is 1. The highest BCUT2D eigenvalue weighted by atomic mass is 35.5. The van der Waals surface area contributed by atoms with E-state index in [0.29, 0.717) is 13.0 Å². The molecule has 0 spiro atoms. The van der Waals surface area contributed by atoms with Gasteiger partial charge in [0.25, 0.3) is 0 Å². The molecular formula is C10H23ClN2O2. The zero-order valence-electron chi connectivity index (χ0n) is 9.79. The average Bonchev–Trinajstić information content (AvgIpc) is 2.22. The van der Waals surface area contributed by atoms with E-state index in [1.807, 2.05) is 0 Å². The van der Waals surface area contributed by atoms with E-state index >= 15 is 0 Å². The Labute approximate surface area is 98.3 Å². The van der Waals surface area contributed by atoms with Crippen molar-refractivity contribution in [2.45, 2.75) is 45.3 Å². The van der Waals surface area contributed by atoms with E-state index in [4.69, 9.17) is 10.5 Å². The Morgan fingerprint density at radius 1 is 1.40 bits per heavy atom. The molecule has 0 radical (unpaired) electrons. The van der Waals surface area contributed by atoms with Crippen LogP contribution in [0.1, 0.15) is 33.1 Å². The van der Waals surface area contributed by atoms with Crippen molar-refractivity contribution in [3.63, 3.8) is 0 Å². The maximum Gasteiger partial charge on any atom is 0.222 e. The van der Waals surface area contributed by atoms with Crippen molar-refractivity contribution in [3.8, 4) is 0 Å². The highest BCUT2D eigenvalue weighted by molar-refractivity contribution is 5.85. The Balaban J connectivity index is 0. The molecule has 0 bridgehead atoms. The van der Waals surface area contributed by atoms with Crippen molar-refractivity contribution in [2.24, 2.45) is 5.73 Å². The van der Waals surface area contributed by atoms with Crippen LogP contribution in [-0.4, -0.2) is 31.7 Å². The standard InChI is InChI=1S/C10H22N2O2.ClH/c1-4-8(5-2)12-10(13)6-9(7-11)14-3;/h8-9H,4-7,11H2,1-3H3,(H,12,13);1H. The monoisotopic (exact) mass is 238 g/mol. The lowest BCUT2D eigenvalue weighted by Crippen LogP contribution is -2.37. The van der Waals surface area contributed by atoms with E-state index < -0.39 is 0 Å². The number of hydrogen-bond acceptors (Lipinski definition) is 3. The van der Waals surface area contributed by atoms with Crippen molar-refractivity contribution < 1.29 is 9.53 Å². The molecular weight excluding hydrogens is 216 g/mol. The van der Waals surface area contributed by atoms with E-state index in [1.54, 1.807) is 7.11 Å². The van der Waals surface area contributed by atoms with Crippen LogP contribution >= 0.6 is 12.4 Å². The minimum absolute atomic E-state index is 0. The lowest BCUT2D eigenvalue weighted by molar-refractivity contribution is -0.124.